The number of nitrogens with one attached hydrogen (secondary N) is 1. The fourth-order valence-electron chi connectivity index (χ4n) is 2.66. The van der Waals surface area contributed by atoms with Crippen molar-refractivity contribution in [2.24, 2.45) is 0 Å². The van der Waals surface area contributed by atoms with Crippen molar-refractivity contribution in [1.29, 1.82) is 0 Å². The maximum absolute atomic E-state index is 12.3. The maximum atomic E-state index is 12.3. The molecule has 0 atom stereocenters. The number of aromatic nitrogens is 2. The Morgan fingerprint density at radius 1 is 1.17 bits per heavy atom. The number of thioether (sulfide) groups is 1. The standard InChI is InChI=1S/C20H17N3O4S2/c1-25-12-7-8-13(17(9-12)26-2)15-10-28-19(21-15)23-18(24)11-29-20-22-14-5-3-4-6-16(14)27-20/h3-10H,11H2,1-2H3,(H,21,23,24). The molecule has 4 rings (SSSR count). The van der Waals surface area contributed by atoms with Crippen LogP contribution in [-0.2, 0) is 4.79 Å². The Kier molecular flexibility index (Phi) is 5.68. The molecular formula is C20H17N3O4S2. The number of para-hydroxylation sites is 2. The molecule has 0 spiro atoms. The van der Waals surface area contributed by atoms with Gasteiger partial charge in [0.15, 0.2) is 10.7 Å². The van der Waals surface area contributed by atoms with Gasteiger partial charge in [-0.1, -0.05) is 23.9 Å². The molecule has 4 aromatic rings. The molecule has 1 N–H and O–H groups in total. The van der Waals surface area contributed by atoms with Gasteiger partial charge in [-0.05, 0) is 24.3 Å². The summed E-state index contributed by atoms with van der Waals surface area (Å²) in [5, 5.41) is 5.65. The van der Waals surface area contributed by atoms with E-state index in [4.69, 9.17) is 13.9 Å². The number of hydrogen-bond donors (Lipinski definition) is 1. The zero-order valence-electron chi connectivity index (χ0n) is 15.7. The monoisotopic (exact) mass is 427 g/mol. The van der Waals surface area contributed by atoms with Crippen LogP contribution in [0, 0.1) is 0 Å². The van der Waals surface area contributed by atoms with Gasteiger partial charge in [-0.2, -0.15) is 0 Å². The van der Waals surface area contributed by atoms with E-state index in [1.165, 1.54) is 23.1 Å². The lowest BCUT2D eigenvalue weighted by Gasteiger charge is -2.08. The van der Waals surface area contributed by atoms with E-state index in [0.29, 0.717) is 27.4 Å². The Labute approximate surface area is 175 Å². The molecule has 0 aliphatic carbocycles. The highest BCUT2D eigenvalue weighted by Gasteiger charge is 2.14. The number of nitrogens with zero attached hydrogens (tertiary/aromatic N) is 2. The average Bonchev–Trinajstić information content (AvgIpc) is 3.38. The predicted molar refractivity (Wildman–Crippen MR) is 114 cm³/mol. The third kappa shape index (κ3) is 4.36. The number of carbonyl (C=O) groups excluding carboxylic acids is 1. The Hall–Kier alpha value is -3.04. The molecule has 1 amide bonds. The van der Waals surface area contributed by atoms with Crippen molar-refractivity contribution >= 4 is 45.2 Å². The number of carbonyl (C=O) groups is 1. The highest BCUT2D eigenvalue weighted by Crippen LogP contribution is 2.35. The minimum Gasteiger partial charge on any atom is -0.497 e. The first kappa shape index (κ1) is 19.3. The third-order valence-corrected chi connectivity index (χ3v) is 5.62. The summed E-state index contributed by atoms with van der Waals surface area (Å²) < 4.78 is 16.2. The second-order valence-corrected chi connectivity index (χ2v) is 7.67. The van der Waals surface area contributed by atoms with Crippen LogP contribution in [0.15, 0.2) is 57.5 Å². The van der Waals surface area contributed by atoms with E-state index in [-0.39, 0.29) is 11.7 Å². The number of rotatable bonds is 7. The minimum atomic E-state index is -0.181. The minimum absolute atomic E-state index is 0.174. The highest BCUT2D eigenvalue weighted by molar-refractivity contribution is 7.99. The Balaban J connectivity index is 1.40. The highest BCUT2D eigenvalue weighted by atomic mass is 32.2. The van der Waals surface area contributed by atoms with E-state index >= 15 is 0 Å². The van der Waals surface area contributed by atoms with Gasteiger partial charge in [0, 0.05) is 17.0 Å². The van der Waals surface area contributed by atoms with E-state index < -0.39 is 0 Å². The van der Waals surface area contributed by atoms with Crippen LogP contribution in [-0.4, -0.2) is 35.8 Å². The van der Waals surface area contributed by atoms with Crippen molar-refractivity contribution in [3.63, 3.8) is 0 Å². The zero-order valence-corrected chi connectivity index (χ0v) is 17.3. The fourth-order valence-corrected chi connectivity index (χ4v) is 4.03. The van der Waals surface area contributed by atoms with E-state index in [1.807, 2.05) is 41.8 Å². The van der Waals surface area contributed by atoms with Gasteiger partial charge in [0.25, 0.3) is 5.22 Å². The van der Waals surface area contributed by atoms with Crippen molar-refractivity contribution in [1.82, 2.24) is 9.97 Å². The summed E-state index contributed by atoms with van der Waals surface area (Å²) in [6.45, 7) is 0. The molecule has 9 heteroatoms. The fraction of sp³-hybridized carbons (Fsp3) is 0.150. The Bertz CT molecular complexity index is 1120. The lowest BCUT2D eigenvalue weighted by Crippen LogP contribution is -2.13. The zero-order chi connectivity index (χ0) is 20.2. The van der Waals surface area contributed by atoms with Crippen LogP contribution in [0.5, 0.6) is 11.5 Å². The molecule has 0 fully saturated rings. The van der Waals surface area contributed by atoms with Gasteiger partial charge in [-0.25, -0.2) is 9.97 Å². The lowest BCUT2D eigenvalue weighted by molar-refractivity contribution is -0.113. The molecule has 2 heterocycles. The number of methoxy groups -OCH3 is 2. The summed E-state index contributed by atoms with van der Waals surface area (Å²) in [5.74, 6) is 1.35. The lowest BCUT2D eigenvalue weighted by atomic mass is 10.1. The number of anilines is 1. The van der Waals surface area contributed by atoms with Gasteiger partial charge < -0.3 is 19.2 Å². The van der Waals surface area contributed by atoms with E-state index in [2.05, 4.69) is 15.3 Å². The van der Waals surface area contributed by atoms with Crippen LogP contribution in [0.4, 0.5) is 5.13 Å². The molecule has 7 nitrogen and oxygen atoms in total. The van der Waals surface area contributed by atoms with Gasteiger partial charge in [0.2, 0.25) is 5.91 Å². The van der Waals surface area contributed by atoms with Gasteiger partial charge in [-0.15, -0.1) is 11.3 Å². The smallest absolute Gasteiger partial charge is 0.257 e. The topological polar surface area (TPSA) is 86.5 Å². The van der Waals surface area contributed by atoms with Crippen LogP contribution >= 0.6 is 23.1 Å². The predicted octanol–water partition coefficient (Wildman–Crippen LogP) is 4.70. The molecule has 0 saturated carbocycles. The molecule has 0 unspecified atom stereocenters. The van der Waals surface area contributed by atoms with Crippen molar-refractivity contribution < 1.29 is 18.7 Å². The normalized spacial score (nSPS) is 10.8. The Morgan fingerprint density at radius 3 is 2.83 bits per heavy atom. The van der Waals surface area contributed by atoms with E-state index in [0.717, 1.165) is 16.8 Å². The average molecular weight is 428 g/mol. The number of thiazole rings is 1. The molecule has 2 aromatic heterocycles. The number of ether oxygens (including phenoxy) is 2. The third-order valence-electron chi connectivity index (χ3n) is 4.04. The van der Waals surface area contributed by atoms with Gasteiger partial charge >= 0.3 is 0 Å². The quantitative estimate of drug-likeness (QED) is 0.428. The summed E-state index contributed by atoms with van der Waals surface area (Å²) in [5.41, 5.74) is 3.02. The van der Waals surface area contributed by atoms with E-state index in [9.17, 15) is 4.79 Å². The molecule has 148 valence electrons. The van der Waals surface area contributed by atoms with Crippen LogP contribution < -0.4 is 14.8 Å². The van der Waals surface area contributed by atoms with Crippen LogP contribution in [0.25, 0.3) is 22.4 Å². The molecule has 0 aliphatic heterocycles. The summed E-state index contributed by atoms with van der Waals surface area (Å²) in [6.07, 6.45) is 0. The first-order chi connectivity index (χ1) is 14.2. The second-order valence-electron chi connectivity index (χ2n) is 5.89. The van der Waals surface area contributed by atoms with Gasteiger partial charge in [-0.3, -0.25) is 4.79 Å². The summed E-state index contributed by atoms with van der Waals surface area (Å²) in [7, 11) is 3.19. The van der Waals surface area contributed by atoms with Crippen molar-refractivity contribution in [3.8, 4) is 22.8 Å². The number of amides is 1. The number of fused-ring (bicyclic) bond motifs is 1. The largest absolute Gasteiger partial charge is 0.497 e. The number of oxazole rings is 1. The SMILES string of the molecule is COc1ccc(-c2csc(NC(=O)CSc3nc4ccccc4o3)n2)c(OC)c1. The van der Waals surface area contributed by atoms with E-state index in [1.54, 1.807) is 20.3 Å². The van der Waals surface area contributed by atoms with Crippen LogP contribution in [0.3, 0.4) is 0 Å². The first-order valence-electron chi connectivity index (χ1n) is 8.62. The Morgan fingerprint density at radius 2 is 2.03 bits per heavy atom. The molecular weight excluding hydrogens is 410 g/mol. The van der Waals surface area contributed by atoms with Gasteiger partial charge in [0.05, 0.1) is 25.7 Å². The molecule has 0 saturated heterocycles. The maximum Gasteiger partial charge on any atom is 0.257 e. The molecule has 0 aliphatic rings. The van der Waals surface area contributed by atoms with Crippen molar-refractivity contribution in [2.75, 3.05) is 25.3 Å². The second kappa shape index (κ2) is 8.54. The molecule has 0 bridgehead atoms. The van der Waals surface area contributed by atoms with Gasteiger partial charge in [0.1, 0.15) is 17.0 Å². The molecule has 29 heavy (non-hydrogen) atoms. The first-order valence-corrected chi connectivity index (χ1v) is 10.5. The summed E-state index contributed by atoms with van der Waals surface area (Å²) in [4.78, 5) is 21.1. The van der Waals surface area contributed by atoms with Crippen molar-refractivity contribution in [3.05, 3.63) is 47.8 Å². The molecule has 0 radical (unpaired) electrons. The summed E-state index contributed by atoms with van der Waals surface area (Å²) in [6, 6.07) is 13.0. The number of hydrogen-bond acceptors (Lipinski definition) is 8. The molecule has 2 aromatic carbocycles. The van der Waals surface area contributed by atoms with Crippen LogP contribution in [0.1, 0.15) is 0 Å². The van der Waals surface area contributed by atoms with Crippen molar-refractivity contribution in [2.45, 2.75) is 5.22 Å². The van der Waals surface area contributed by atoms with Crippen LogP contribution in [0.2, 0.25) is 0 Å². The number of benzene rings is 2. The summed E-state index contributed by atoms with van der Waals surface area (Å²) >= 11 is 2.59.